The van der Waals surface area contributed by atoms with E-state index in [0.717, 1.165) is 25.7 Å². The first kappa shape index (κ1) is 22.6. The van der Waals surface area contributed by atoms with Crippen LogP contribution < -0.4 is 10.1 Å². The summed E-state index contributed by atoms with van der Waals surface area (Å²) in [5.74, 6) is 0.802. The molecule has 1 saturated heterocycles. The fraction of sp³-hybridized carbons (Fsp3) is 0.440. The van der Waals surface area contributed by atoms with Gasteiger partial charge in [-0.2, -0.15) is 0 Å². The number of ether oxygens (including phenoxy) is 2. The van der Waals surface area contributed by atoms with Gasteiger partial charge in [-0.15, -0.1) is 0 Å². The number of likely N-dealkylation sites (tertiary alicyclic amines) is 1. The molecule has 2 aromatic rings. The second kappa shape index (κ2) is 10.4. The van der Waals surface area contributed by atoms with Crippen molar-refractivity contribution < 1.29 is 19.1 Å². The van der Waals surface area contributed by atoms with E-state index in [9.17, 15) is 9.59 Å². The Labute approximate surface area is 193 Å². The third-order valence-electron chi connectivity index (χ3n) is 6.37. The maximum atomic E-state index is 13.5. The summed E-state index contributed by atoms with van der Waals surface area (Å²) in [6.07, 6.45) is 4.93. The van der Waals surface area contributed by atoms with Crippen LogP contribution in [0.15, 0.2) is 48.5 Å². The molecule has 170 valence electrons. The van der Waals surface area contributed by atoms with Gasteiger partial charge in [0.05, 0.1) is 6.61 Å². The summed E-state index contributed by atoms with van der Waals surface area (Å²) in [7, 11) is 1.63. The quantitative estimate of drug-likeness (QED) is 0.609. The SMILES string of the molecule is COCCOc1ccc(NC(=O)C2CC3CCCCC3N2C(=O)c2cccc(Cl)c2)cc1. The second-order valence-electron chi connectivity index (χ2n) is 8.44. The molecular formula is C25H29ClN2O4. The fourth-order valence-corrected chi connectivity index (χ4v) is 5.05. The van der Waals surface area contributed by atoms with Crippen molar-refractivity contribution >= 4 is 29.1 Å². The minimum absolute atomic E-state index is 0.0996. The molecule has 6 nitrogen and oxygen atoms in total. The zero-order valence-corrected chi connectivity index (χ0v) is 19.0. The number of hydrogen-bond acceptors (Lipinski definition) is 4. The largest absolute Gasteiger partial charge is 0.491 e. The van der Waals surface area contributed by atoms with Crippen molar-refractivity contribution in [2.24, 2.45) is 5.92 Å². The lowest BCUT2D eigenvalue weighted by Gasteiger charge is -2.33. The number of benzene rings is 2. The topological polar surface area (TPSA) is 67.9 Å². The van der Waals surface area contributed by atoms with Gasteiger partial charge in [0.2, 0.25) is 5.91 Å². The second-order valence-corrected chi connectivity index (χ2v) is 8.88. The Morgan fingerprint density at radius 1 is 1.09 bits per heavy atom. The first-order valence-corrected chi connectivity index (χ1v) is 11.6. The molecule has 3 unspecified atom stereocenters. The van der Waals surface area contributed by atoms with Crippen molar-refractivity contribution in [3.8, 4) is 5.75 Å². The number of anilines is 1. The molecule has 0 radical (unpaired) electrons. The summed E-state index contributed by atoms with van der Waals surface area (Å²) in [5.41, 5.74) is 1.21. The van der Waals surface area contributed by atoms with Gasteiger partial charge in [0.15, 0.2) is 0 Å². The normalized spacial score (nSPS) is 22.3. The summed E-state index contributed by atoms with van der Waals surface area (Å²) < 4.78 is 10.6. The van der Waals surface area contributed by atoms with Gasteiger partial charge in [-0.05, 0) is 67.6 Å². The van der Waals surface area contributed by atoms with Crippen molar-refractivity contribution in [2.75, 3.05) is 25.6 Å². The van der Waals surface area contributed by atoms with Crippen LogP contribution in [0, 0.1) is 5.92 Å². The van der Waals surface area contributed by atoms with E-state index in [-0.39, 0.29) is 17.9 Å². The predicted molar refractivity (Wildman–Crippen MR) is 124 cm³/mol. The molecule has 0 spiro atoms. The van der Waals surface area contributed by atoms with Crippen molar-refractivity contribution in [3.05, 3.63) is 59.1 Å². The monoisotopic (exact) mass is 456 g/mol. The summed E-state index contributed by atoms with van der Waals surface area (Å²) in [4.78, 5) is 28.6. The lowest BCUT2D eigenvalue weighted by Crippen LogP contribution is -2.47. The van der Waals surface area contributed by atoms with Gasteiger partial charge in [0, 0.05) is 29.4 Å². The molecule has 3 atom stereocenters. The van der Waals surface area contributed by atoms with E-state index in [1.54, 1.807) is 31.4 Å². The summed E-state index contributed by atoms with van der Waals surface area (Å²) in [6.45, 7) is 0.979. The van der Waals surface area contributed by atoms with Gasteiger partial charge in [0.25, 0.3) is 5.91 Å². The number of carbonyl (C=O) groups is 2. The molecule has 2 amide bonds. The zero-order valence-electron chi connectivity index (χ0n) is 18.3. The highest BCUT2D eigenvalue weighted by Crippen LogP contribution is 2.41. The van der Waals surface area contributed by atoms with Crippen LogP contribution in [0.5, 0.6) is 5.75 Å². The number of rotatable bonds is 7. The predicted octanol–water partition coefficient (Wildman–Crippen LogP) is 4.78. The molecule has 7 heteroatoms. The lowest BCUT2D eigenvalue weighted by molar-refractivity contribution is -0.120. The van der Waals surface area contributed by atoms with Crippen molar-refractivity contribution in [1.29, 1.82) is 0 Å². The summed E-state index contributed by atoms with van der Waals surface area (Å²) in [6, 6.07) is 13.8. The minimum atomic E-state index is -0.493. The van der Waals surface area contributed by atoms with Crippen molar-refractivity contribution in [3.63, 3.8) is 0 Å². The van der Waals surface area contributed by atoms with Gasteiger partial charge in [0.1, 0.15) is 18.4 Å². The maximum absolute atomic E-state index is 13.5. The highest BCUT2D eigenvalue weighted by Gasteiger charge is 2.47. The number of fused-ring (bicyclic) bond motifs is 1. The van der Waals surface area contributed by atoms with Gasteiger partial charge < -0.3 is 19.7 Å². The molecule has 2 aliphatic rings. The number of halogens is 1. The van der Waals surface area contributed by atoms with Crippen LogP contribution in [0.1, 0.15) is 42.5 Å². The van der Waals surface area contributed by atoms with E-state index in [1.807, 2.05) is 29.2 Å². The Morgan fingerprint density at radius 3 is 2.62 bits per heavy atom. The first-order chi connectivity index (χ1) is 15.6. The summed E-state index contributed by atoms with van der Waals surface area (Å²) in [5, 5.41) is 3.51. The van der Waals surface area contributed by atoms with E-state index >= 15 is 0 Å². The molecule has 2 fully saturated rings. The molecule has 1 saturated carbocycles. The molecule has 32 heavy (non-hydrogen) atoms. The molecule has 2 aromatic carbocycles. The van der Waals surface area contributed by atoms with Crippen LogP contribution >= 0.6 is 11.6 Å². The number of nitrogens with zero attached hydrogens (tertiary/aromatic N) is 1. The van der Waals surface area contributed by atoms with Crippen LogP contribution in [-0.4, -0.2) is 49.1 Å². The number of hydrogen-bond donors (Lipinski definition) is 1. The minimum Gasteiger partial charge on any atom is -0.491 e. The number of nitrogens with one attached hydrogen (secondary N) is 1. The van der Waals surface area contributed by atoms with Crippen LogP contribution in [0.25, 0.3) is 0 Å². The van der Waals surface area contributed by atoms with Crippen LogP contribution in [0.2, 0.25) is 5.02 Å². The highest BCUT2D eigenvalue weighted by molar-refractivity contribution is 6.31. The molecular weight excluding hydrogens is 428 g/mol. The molecule has 1 aliphatic heterocycles. The van der Waals surface area contributed by atoms with E-state index in [4.69, 9.17) is 21.1 Å². The van der Waals surface area contributed by atoms with E-state index < -0.39 is 6.04 Å². The van der Waals surface area contributed by atoms with Gasteiger partial charge in [-0.1, -0.05) is 30.5 Å². The lowest BCUT2D eigenvalue weighted by atomic mass is 9.84. The average molecular weight is 457 g/mol. The Hall–Kier alpha value is -2.57. The number of amides is 2. The Balaban J connectivity index is 1.49. The standard InChI is InChI=1S/C25H29ClN2O4/c1-31-13-14-32-21-11-9-20(10-12-21)27-24(29)23-16-17-5-2-3-8-22(17)28(23)25(30)18-6-4-7-19(26)15-18/h4,6-7,9-12,15,17,22-23H,2-3,5,8,13-14,16H2,1H3,(H,27,29). The molecule has 4 rings (SSSR count). The van der Waals surface area contributed by atoms with E-state index in [0.29, 0.717) is 47.6 Å². The smallest absolute Gasteiger partial charge is 0.254 e. The third kappa shape index (κ3) is 5.08. The van der Waals surface area contributed by atoms with Gasteiger partial charge in [-0.25, -0.2) is 0 Å². The van der Waals surface area contributed by atoms with Crippen LogP contribution in [0.4, 0.5) is 5.69 Å². The summed E-state index contributed by atoms with van der Waals surface area (Å²) >= 11 is 6.12. The Morgan fingerprint density at radius 2 is 1.88 bits per heavy atom. The average Bonchev–Trinajstić information content (AvgIpc) is 3.20. The van der Waals surface area contributed by atoms with Crippen LogP contribution in [-0.2, 0) is 9.53 Å². The van der Waals surface area contributed by atoms with E-state index in [2.05, 4.69) is 5.32 Å². The molecule has 1 aliphatic carbocycles. The number of carbonyl (C=O) groups excluding carboxylic acids is 2. The molecule has 1 heterocycles. The van der Waals surface area contributed by atoms with Gasteiger partial charge >= 0.3 is 0 Å². The highest BCUT2D eigenvalue weighted by atomic mass is 35.5. The Bertz CT molecular complexity index is 949. The number of methoxy groups -OCH3 is 1. The molecule has 0 aromatic heterocycles. The Kier molecular flexibility index (Phi) is 7.33. The van der Waals surface area contributed by atoms with Crippen molar-refractivity contribution in [1.82, 2.24) is 4.90 Å². The maximum Gasteiger partial charge on any atom is 0.254 e. The molecule has 0 bridgehead atoms. The third-order valence-corrected chi connectivity index (χ3v) is 6.61. The van der Waals surface area contributed by atoms with Crippen molar-refractivity contribution in [2.45, 2.75) is 44.2 Å². The van der Waals surface area contributed by atoms with Crippen LogP contribution in [0.3, 0.4) is 0 Å². The van der Waals surface area contributed by atoms with E-state index in [1.165, 1.54) is 0 Å². The zero-order chi connectivity index (χ0) is 22.5. The first-order valence-electron chi connectivity index (χ1n) is 11.2. The van der Waals surface area contributed by atoms with Gasteiger partial charge in [-0.3, -0.25) is 9.59 Å². The fourth-order valence-electron chi connectivity index (χ4n) is 4.86. The molecule has 1 N–H and O–H groups in total.